The molecule has 3 rings (SSSR count). The Balaban J connectivity index is 1.89. The number of amides is 1. The zero-order valence-electron chi connectivity index (χ0n) is 14.0. The van der Waals surface area contributed by atoms with Crippen LogP contribution in [0.2, 0.25) is 0 Å². The van der Waals surface area contributed by atoms with Crippen LogP contribution in [0.3, 0.4) is 0 Å². The monoisotopic (exact) mass is 316 g/mol. The van der Waals surface area contributed by atoms with Crippen molar-refractivity contribution in [1.82, 2.24) is 24.6 Å². The lowest BCUT2D eigenvalue weighted by Crippen LogP contribution is -2.37. The van der Waals surface area contributed by atoms with Crippen LogP contribution in [0.15, 0.2) is 12.4 Å². The number of carbonyl (C=O) groups excluding carboxylic acids is 1. The second-order valence-corrected chi connectivity index (χ2v) is 7.11. The van der Waals surface area contributed by atoms with Gasteiger partial charge in [-0.2, -0.15) is 5.10 Å². The molecule has 7 nitrogen and oxygen atoms in total. The minimum atomic E-state index is -0.352. The van der Waals surface area contributed by atoms with Gasteiger partial charge in [0.25, 0.3) is 0 Å². The Morgan fingerprint density at radius 1 is 1.35 bits per heavy atom. The smallest absolute Gasteiger partial charge is 0.227 e. The Morgan fingerprint density at radius 2 is 2.09 bits per heavy atom. The highest BCUT2D eigenvalue weighted by atomic mass is 16.2. The zero-order chi connectivity index (χ0) is 16.6. The highest BCUT2D eigenvalue weighted by Gasteiger charge is 2.35. The Bertz CT molecular complexity index is 717. The van der Waals surface area contributed by atoms with E-state index in [0.29, 0.717) is 19.6 Å². The normalized spacial score (nSPS) is 18.8. The van der Waals surface area contributed by atoms with Crippen molar-refractivity contribution in [3.8, 4) is 0 Å². The van der Waals surface area contributed by atoms with Gasteiger partial charge in [0.2, 0.25) is 5.91 Å². The van der Waals surface area contributed by atoms with Gasteiger partial charge in [0.05, 0.1) is 12.2 Å². The number of likely N-dealkylation sites (tertiary alicyclic amines) is 1. The SMILES string of the molecule is CC(C)(C)C(=O)N1CC[C@@H](c2nn(CCN)c3nccnc23)C1. The molecule has 1 aliphatic heterocycles. The molecule has 0 spiro atoms. The highest BCUT2D eigenvalue weighted by Crippen LogP contribution is 2.32. The van der Waals surface area contributed by atoms with E-state index in [1.165, 1.54) is 0 Å². The number of nitrogens with two attached hydrogens (primary N) is 1. The molecular weight excluding hydrogens is 292 g/mol. The van der Waals surface area contributed by atoms with E-state index in [4.69, 9.17) is 10.8 Å². The van der Waals surface area contributed by atoms with Crippen molar-refractivity contribution in [3.05, 3.63) is 18.1 Å². The largest absolute Gasteiger partial charge is 0.342 e. The summed E-state index contributed by atoms with van der Waals surface area (Å²) in [4.78, 5) is 23.3. The molecule has 1 fully saturated rings. The van der Waals surface area contributed by atoms with E-state index in [1.54, 1.807) is 12.4 Å². The standard InChI is InChI=1S/C16H24N6O/c1-16(2,3)15(23)21-8-4-11(10-21)12-13-14(19-7-6-18-13)22(20-12)9-5-17/h6-7,11H,4-5,8-10,17H2,1-3H3/t11-/m1/s1. The van der Waals surface area contributed by atoms with Gasteiger partial charge in [0, 0.05) is 43.4 Å². The molecule has 0 saturated carbocycles. The van der Waals surface area contributed by atoms with Crippen molar-refractivity contribution in [3.63, 3.8) is 0 Å². The maximum Gasteiger partial charge on any atom is 0.227 e. The van der Waals surface area contributed by atoms with Gasteiger partial charge in [0.15, 0.2) is 5.65 Å². The predicted molar refractivity (Wildman–Crippen MR) is 87.8 cm³/mol. The Labute approximate surface area is 135 Å². The van der Waals surface area contributed by atoms with Crippen molar-refractivity contribution >= 4 is 17.1 Å². The Kier molecular flexibility index (Phi) is 4.06. The molecule has 0 bridgehead atoms. The molecule has 3 heterocycles. The third-order valence-corrected chi connectivity index (χ3v) is 4.24. The summed E-state index contributed by atoms with van der Waals surface area (Å²) in [6.45, 7) is 8.46. The van der Waals surface area contributed by atoms with E-state index in [1.807, 2.05) is 30.4 Å². The van der Waals surface area contributed by atoms with Crippen LogP contribution in [0.25, 0.3) is 11.2 Å². The van der Waals surface area contributed by atoms with E-state index in [-0.39, 0.29) is 17.2 Å². The van der Waals surface area contributed by atoms with E-state index >= 15 is 0 Å². The van der Waals surface area contributed by atoms with Gasteiger partial charge >= 0.3 is 0 Å². The fraction of sp³-hybridized carbons (Fsp3) is 0.625. The van der Waals surface area contributed by atoms with Gasteiger partial charge in [0.1, 0.15) is 5.52 Å². The second-order valence-electron chi connectivity index (χ2n) is 7.11. The fourth-order valence-electron chi connectivity index (χ4n) is 3.12. The van der Waals surface area contributed by atoms with E-state index in [0.717, 1.165) is 29.8 Å². The summed E-state index contributed by atoms with van der Waals surface area (Å²) < 4.78 is 1.83. The Morgan fingerprint density at radius 3 is 2.78 bits per heavy atom. The highest BCUT2D eigenvalue weighted by molar-refractivity contribution is 5.82. The second kappa shape index (κ2) is 5.88. The molecule has 1 saturated heterocycles. The topological polar surface area (TPSA) is 89.9 Å². The van der Waals surface area contributed by atoms with Crippen molar-refractivity contribution in [2.24, 2.45) is 11.1 Å². The first kappa shape index (κ1) is 15.9. The molecule has 0 aliphatic carbocycles. The molecule has 1 atom stereocenters. The zero-order valence-corrected chi connectivity index (χ0v) is 14.0. The summed E-state index contributed by atoms with van der Waals surface area (Å²) in [6, 6.07) is 0. The van der Waals surface area contributed by atoms with Crippen LogP contribution in [0, 0.1) is 5.41 Å². The maximum absolute atomic E-state index is 12.5. The van der Waals surface area contributed by atoms with Crippen molar-refractivity contribution in [2.45, 2.75) is 39.7 Å². The Hall–Kier alpha value is -2.02. The number of carbonyl (C=O) groups is 1. The third kappa shape index (κ3) is 2.93. The van der Waals surface area contributed by atoms with Gasteiger partial charge in [-0.3, -0.25) is 4.79 Å². The van der Waals surface area contributed by atoms with Crippen molar-refractivity contribution in [1.29, 1.82) is 0 Å². The molecular formula is C16H24N6O. The summed E-state index contributed by atoms with van der Waals surface area (Å²) in [5.41, 5.74) is 7.85. The third-order valence-electron chi connectivity index (χ3n) is 4.24. The molecule has 23 heavy (non-hydrogen) atoms. The number of hydrogen-bond acceptors (Lipinski definition) is 5. The van der Waals surface area contributed by atoms with Crippen molar-refractivity contribution < 1.29 is 4.79 Å². The molecule has 1 amide bonds. The first-order chi connectivity index (χ1) is 10.9. The van der Waals surface area contributed by atoms with Crippen LogP contribution in [-0.2, 0) is 11.3 Å². The summed E-state index contributed by atoms with van der Waals surface area (Å²) in [6.07, 6.45) is 4.27. The molecule has 124 valence electrons. The average Bonchev–Trinajstić information content (AvgIpc) is 3.11. The van der Waals surface area contributed by atoms with Crippen LogP contribution in [0.5, 0.6) is 0 Å². The average molecular weight is 316 g/mol. The first-order valence-corrected chi connectivity index (χ1v) is 8.08. The molecule has 7 heteroatoms. The van der Waals surface area contributed by atoms with E-state index in [9.17, 15) is 4.79 Å². The van der Waals surface area contributed by atoms with Crippen LogP contribution in [-0.4, -0.2) is 50.2 Å². The van der Waals surface area contributed by atoms with Gasteiger partial charge in [-0.1, -0.05) is 20.8 Å². The fourth-order valence-corrected chi connectivity index (χ4v) is 3.12. The van der Waals surface area contributed by atoms with Crippen LogP contribution >= 0.6 is 0 Å². The number of aromatic nitrogens is 4. The molecule has 1 aliphatic rings. The summed E-state index contributed by atoms with van der Waals surface area (Å²) in [5, 5.41) is 4.69. The molecule has 0 radical (unpaired) electrons. The summed E-state index contributed by atoms with van der Waals surface area (Å²) in [5.74, 6) is 0.399. The van der Waals surface area contributed by atoms with Gasteiger partial charge in [-0.05, 0) is 6.42 Å². The quantitative estimate of drug-likeness (QED) is 0.917. The molecule has 2 aromatic rings. The van der Waals surface area contributed by atoms with E-state index in [2.05, 4.69) is 9.97 Å². The maximum atomic E-state index is 12.5. The van der Waals surface area contributed by atoms with Crippen LogP contribution < -0.4 is 5.73 Å². The minimum Gasteiger partial charge on any atom is -0.342 e. The van der Waals surface area contributed by atoms with Crippen LogP contribution in [0.4, 0.5) is 0 Å². The minimum absolute atomic E-state index is 0.191. The van der Waals surface area contributed by atoms with Gasteiger partial charge < -0.3 is 10.6 Å². The van der Waals surface area contributed by atoms with Crippen LogP contribution in [0.1, 0.15) is 38.8 Å². The van der Waals surface area contributed by atoms with Gasteiger partial charge in [-0.15, -0.1) is 0 Å². The lowest BCUT2D eigenvalue weighted by molar-refractivity contribution is -0.138. The van der Waals surface area contributed by atoms with E-state index < -0.39 is 0 Å². The molecule has 0 unspecified atom stereocenters. The number of fused-ring (bicyclic) bond motifs is 1. The number of hydrogen-bond donors (Lipinski definition) is 1. The number of rotatable bonds is 3. The lowest BCUT2D eigenvalue weighted by Gasteiger charge is -2.25. The number of nitrogens with zero attached hydrogens (tertiary/aromatic N) is 5. The first-order valence-electron chi connectivity index (χ1n) is 8.08. The molecule has 2 N–H and O–H groups in total. The summed E-state index contributed by atoms with van der Waals surface area (Å²) >= 11 is 0. The van der Waals surface area contributed by atoms with Gasteiger partial charge in [-0.25, -0.2) is 14.6 Å². The molecule has 2 aromatic heterocycles. The van der Waals surface area contributed by atoms with Crippen molar-refractivity contribution in [2.75, 3.05) is 19.6 Å². The molecule has 0 aromatic carbocycles. The summed E-state index contributed by atoms with van der Waals surface area (Å²) in [7, 11) is 0. The predicted octanol–water partition coefficient (Wildman–Crippen LogP) is 1.15. The lowest BCUT2D eigenvalue weighted by atomic mass is 9.95.